The molecule has 1 aliphatic carbocycles. The second kappa shape index (κ2) is 6.51. The Morgan fingerprint density at radius 2 is 2.20 bits per heavy atom. The predicted molar refractivity (Wildman–Crippen MR) is 100 cm³/mol. The molecule has 0 bridgehead atoms. The van der Waals surface area contributed by atoms with Gasteiger partial charge in [0.1, 0.15) is 5.56 Å². The van der Waals surface area contributed by atoms with Crippen LogP contribution < -0.4 is 10.7 Å². The molecule has 4 rings (SSSR count). The molecule has 0 saturated heterocycles. The maximum Gasteiger partial charge on any atom is 0.256 e. The Kier molecular flexibility index (Phi) is 4.20. The Balaban J connectivity index is 1.57. The zero-order valence-corrected chi connectivity index (χ0v) is 14.7. The zero-order chi connectivity index (χ0) is 17.4. The Morgan fingerprint density at radius 1 is 1.32 bits per heavy atom. The molecule has 130 valence electrons. The van der Waals surface area contributed by atoms with Crippen LogP contribution in [0.4, 0.5) is 0 Å². The lowest BCUT2D eigenvalue weighted by molar-refractivity contribution is 0.0952. The molecular formula is C21H24N2O2. The highest BCUT2D eigenvalue weighted by Crippen LogP contribution is 2.30. The van der Waals surface area contributed by atoms with Gasteiger partial charge in [-0.05, 0) is 57.1 Å². The topological polar surface area (TPSA) is 51.1 Å². The maximum absolute atomic E-state index is 12.8. The first-order valence-electron chi connectivity index (χ1n) is 9.28. The lowest BCUT2D eigenvalue weighted by Gasteiger charge is -2.14. The molecule has 25 heavy (non-hydrogen) atoms. The highest BCUT2D eigenvalue weighted by Gasteiger charge is 2.24. The lowest BCUT2D eigenvalue weighted by Crippen LogP contribution is -2.30. The summed E-state index contributed by atoms with van der Waals surface area (Å²) >= 11 is 0. The summed E-state index contributed by atoms with van der Waals surface area (Å²) in [5.74, 6) is -0.253. The number of hydrogen-bond acceptors (Lipinski definition) is 2. The van der Waals surface area contributed by atoms with Gasteiger partial charge in [-0.3, -0.25) is 9.59 Å². The molecule has 1 aromatic carbocycles. The van der Waals surface area contributed by atoms with Crippen molar-refractivity contribution < 1.29 is 4.79 Å². The molecule has 1 N–H and O–H groups in total. The number of nitrogens with one attached hydrogen (secondary N) is 1. The summed E-state index contributed by atoms with van der Waals surface area (Å²) in [6, 6.07) is 6.09. The van der Waals surface area contributed by atoms with Crippen molar-refractivity contribution in [3.05, 3.63) is 57.4 Å². The molecular weight excluding hydrogens is 312 g/mol. The van der Waals surface area contributed by atoms with Gasteiger partial charge in [-0.15, -0.1) is 0 Å². The van der Waals surface area contributed by atoms with Gasteiger partial charge in [0.15, 0.2) is 0 Å². The van der Waals surface area contributed by atoms with Crippen LogP contribution in [0.25, 0.3) is 10.9 Å². The first-order valence-corrected chi connectivity index (χ1v) is 9.28. The fourth-order valence-corrected chi connectivity index (χ4v) is 4.14. The van der Waals surface area contributed by atoms with Crippen LogP contribution >= 0.6 is 0 Å². The largest absolute Gasteiger partial charge is 0.352 e. The van der Waals surface area contributed by atoms with Gasteiger partial charge in [0.05, 0.1) is 5.52 Å². The van der Waals surface area contributed by atoms with E-state index in [1.165, 1.54) is 24.0 Å². The van der Waals surface area contributed by atoms with Crippen LogP contribution in [-0.2, 0) is 6.42 Å². The summed E-state index contributed by atoms with van der Waals surface area (Å²) in [5, 5.41) is 3.60. The third-order valence-corrected chi connectivity index (χ3v) is 5.49. The molecule has 1 amide bonds. The van der Waals surface area contributed by atoms with Gasteiger partial charge in [-0.2, -0.15) is 0 Å². The van der Waals surface area contributed by atoms with E-state index < -0.39 is 0 Å². The van der Waals surface area contributed by atoms with Crippen LogP contribution in [0.2, 0.25) is 0 Å². The summed E-state index contributed by atoms with van der Waals surface area (Å²) in [6.07, 6.45) is 10.6. The maximum atomic E-state index is 12.8. The second-order valence-corrected chi connectivity index (χ2v) is 7.26. The molecule has 2 aliphatic rings. The van der Waals surface area contributed by atoms with E-state index in [0.29, 0.717) is 11.9 Å². The van der Waals surface area contributed by atoms with Crippen molar-refractivity contribution in [3.63, 3.8) is 0 Å². The Morgan fingerprint density at radius 3 is 3.00 bits per heavy atom. The van der Waals surface area contributed by atoms with Gasteiger partial charge in [-0.25, -0.2) is 0 Å². The molecule has 1 aromatic heterocycles. The molecule has 4 heteroatoms. The molecule has 0 radical (unpaired) electrons. The number of allylic oxidation sites excluding steroid dienone is 1. The van der Waals surface area contributed by atoms with Crippen molar-refractivity contribution in [2.75, 3.05) is 6.54 Å². The van der Waals surface area contributed by atoms with Crippen LogP contribution in [0.1, 0.15) is 61.0 Å². The summed E-state index contributed by atoms with van der Waals surface area (Å²) in [5.41, 5.74) is 3.72. The van der Waals surface area contributed by atoms with E-state index in [2.05, 4.69) is 29.0 Å². The van der Waals surface area contributed by atoms with Crippen molar-refractivity contribution in [1.82, 2.24) is 9.88 Å². The standard InChI is InChI=1S/C21H24N2O2/c1-14-12-16-8-5-9-17-19(16)23(14)13-18(20(17)24)21(25)22-11-10-15-6-3-2-4-7-15/h5-6,8-9,13-14H,2-4,7,10-12H2,1H3,(H,22,25)/t14-/m1/s1. The summed E-state index contributed by atoms with van der Waals surface area (Å²) in [4.78, 5) is 25.4. The fourth-order valence-electron chi connectivity index (χ4n) is 4.14. The highest BCUT2D eigenvalue weighted by atomic mass is 16.2. The number of rotatable bonds is 4. The van der Waals surface area contributed by atoms with E-state index in [1.807, 2.05) is 12.1 Å². The fraction of sp³-hybridized carbons (Fsp3) is 0.429. The van der Waals surface area contributed by atoms with Gasteiger partial charge in [0.2, 0.25) is 5.43 Å². The Hall–Kier alpha value is -2.36. The van der Waals surface area contributed by atoms with E-state index in [9.17, 15) is 9.59 Å². The number of carbonyl (C=O) groups is 1. The molecule has 1 aliphatic heterocycles. The molecule has 0 fully saturated rings. The van der Waals surface area contributed by atoms with Crippen molar-refractivity contribution in [2.45, 2.75) is 51.5 Å². The van der Waals surface area contributed by atoms with Gasteiger partial charge in [-0.1, -0.05) is 23.8 Å². The minimum absolute atomic E-state index is 0.156. The van der Waals surface area contributed by atoms with E-state index in [4.69, 9.17) is 0 Å². The highest BCUT2D eigenvalue weighted by molar-refractivity contribution is 5.98. The minimum atomic E-state index is -0.253. The monoisotopic (exact) mass is 336 g/mol. The number of carbonyl (C=O) groups excluding carboxylic acids is 1. The molecule has 2 heterocycles. The van der Waals surface area contributed by atoms with Gasteiger partial charge < -0.3 is 9.88 Å². The number of amides is 1. The van der Waals surface area contributed by atoms with E-state index >= 15 is 0 Å². The minimum Gasteiger partial charge on any atom is -0.352 e. The van der Waals surface area contributed by atoms with Gasteiger partial charge in [0.25, 0.3) is 5.91 Å². The second-order valence-electron chi connectivity index (χ2n) is 7.26. The van der Waals surface area contributed by atoms with Gasteiger partial charge in [0, 0.05) is 24.2 Å². The number of pyridine rings is 1. The smallest absolute Gasteiger partial charge is 0.256 e. The molecule has 0 unspecified atom stereocenters. The third-order valence-electron chi connectivity index (χ3n) is 5.49. The van der Waals surface area contributed by atoms with Crippen LogP contribution in [0.3, 0.4) is 0 Å². The number of nitrogens with zero attached hydrogens (tertiary/aromatic N) is 1. The quantitative estimate of drug-likeness (QED) is 0.865. The summed E-state index contributed by atoms with van der Waals surface area (Å²) in [6.45, 7) is 2.72. The molecule has 1 atom stereocenters. The van der Waals surface area contributed by atoms with E-state index in [-0.39, 0.29) is 22.9 Å². The lowest BCUT2D eigenvalue weighted by atomic mass is 9.97. The SMILES string of the molecule is C[C@@H]1Cc2cccc3c(=O)c(C(=O)NCCC4=CCCCC4)cn1c23. The molecule has 0 spiro atoms. The zero-order valence-electron chi connectivity index (χ0n) is 14.7. The van der Waals surface area contributed by atoms with Crippen molar-refractivity contribution in [2.24, 2.45) is 0 Å². The first kappa shape index (κ1) is 16.1. The first-order chi connectivity index (χ1) is 12.1. The van der Waals surface area contributed by atoms with Crippen molar-refractivity contribution in [3.8, 4) is 0 Å². The molecule has 2 aromatic rings. The summed E-state index contributed by atoms with van der Waals surface area (Å²) in [7, 11) is 0. The van der Waals surface area contributed by atoms with Gasteiger partial charge >= 0.3 is 0 Å². The van der Waals surface area contributed by atoms with E-state index in [1.54, 1.807) is 6.20 Å². The number of benzene rings is 1. The summed E-state index contributed by atoms with van der Waals surface area (Å²) < 4.78 is 2.09. The Bertz CT molecular complexity index is 923. The number of hydrogen-bond donors (Lipinski definition) is 1. The predicted octanol–water partition coefficient (Wildman–Crippen LogP) is 3.74. The average Bonchev–Trinajstić information content (AvgIpc) is 2.95. The van der Waals surface area contributed by atoms with E-state index in [0.717, 1.165) is 31.2 Å². The Labute approximate surface area is 147 Å². The van der Waals surface area contributed by atoms with Crippen molar-refractivity contribution >= 4 is 16.8 Å². The average molecular weight is 336 g/mol. The normalized spacial score (nSPS) is 19.1. The van der Waals surface area contributed by atoms with Crippen LogP contribution in [-0.4, -0.2) is 17.0 Å². The number of aromatic nitrogens is 1. The van der Waals surface area contributed by atoms with Crippen LogP contribution in [0.5, 0.6) is 0 Å². The van der Waals surface area contributed by atoms with Crippen LogP contribution in [0, 0.1) is 0 Å². The molecule has 4 nitrogen and oxygen atoms in total. The molecule has 0 saturated carbocycles. The third kappa shape index (κ3) is 2.90. The number of para-hydroxylation sites is 1. The van der Waals surface area contributed by atoms with Crippen molar-refractivity contribution in [1.29, 1.82) is 0 Å². The van der Waals surface area contributed by atoms with Crippen LogP contribution in [0.15, 0.2) is 40.8 Å².